The van der Waals surface area contributed by atoms with E-state index in [9.17, 15) is 14.2 Å². The number of esters is 1. The zero-order valence-electron chi connectivity index (χ0n) is 19.3. The van der Waals surface area contributed by atoms with Gasteiger partial charge in [-0.1, -0.05) is 12.1 Å². The summed E-state index contributed by atoms with van der Waals surface area (Å²) in [6.45, 7) is 3.66. The van der Waals surface area contributed by atoms with Crippen molar-refractivity contribution in [2.24, 2.45) is 0 Å². The number of nitrogens with one attached hydrogen (secondary N) is 2. The predicted octanol–water partition coefficient (Wildman–Crippen LogP) is 1.50. The molecule has 0 amide bonds. The molecule has 35 heavy (non-hydrogen) atoms. The van der Waals surface area contributed by atoms with Crippen LogP contribution in [-0.2, 0) is 36.5 Å². The fourth-order valence-corrected chi connectivity index (χ4v) is 4.71. The van der Waals surface area contributed by atoms with Crippen molar-refractivity contribution in [3.8, 4) is 6.07 Å². The fraction of sp³-hybridized carbons (Fsp3) is 0.381. The Morgan fingerprint density at radius 1 is 1.37 bits per heavy atom. The average Bonchev–Trinajstić information content (AvgIpc) is 3.24. The molecule has 2 aromatic heterocycles. The van der Waals surface area contributed by atoms with Crippen LogP contribution in [0.3, 0.4) is 0 Å². The van der Waals surface area contributed by atoms with Crippen molar-refractivity contribution >= 4 is 30.6 Å². The maximum Gasteiger partial charge on any atom is 0.323 e. The van der Waals surface area contributed by atoms with E-state index < -0.39 is 25.1 Å². The van der Waals surface area contributed by atoms with E-state index in [1.807, 2.05) is 6.07 Å². The third-order valence-electron chi connectivity index (χ3n) is 4.78. The molecule has 2 heterocycles. The van der Waals surface area contributed by atoms with Crippen molar-refractivity contribution in [1.82, 2.24) is 24.6 Å². The molecule has 186 valence electrons. The molecule has 4 N–H and O–H groups in total. The number of hydrogen-bond acceptors (Lipinski definition) is 10. The van der Waals surface area contributed by atoms with Gasteiger partial charge in [-0.25, -0.2) is 10.1 Å². The van der Waals surface area contributed by atoms with Gasteiger partial charge in [0, 0.05) is 6.54 Å². The summed E-state index contributed by atoms with van der Waals surface area (Å²) in [5, 5.41) is 11.6. The van der Waals surface area contributed by atoms with Crippen LogP contribution < -0.4 is 16.4 Å². The lowest BCUT2D eigenvalue weighted by Crippen LogP contribution is -2.34. The Balaban J connectivity index is 1.65. The van der Waals surface area contributed by atoms with Gasteiger partial charge in [-0.15, -0.1) is 0 Å². The number of nitrogen functional groups attached to an aromatic ring is 1. The summed E-state index contributed by atoms with van der Waals surface area (Å²) in [7, 11) is -3.66. The molecular formula is C21H26N7O6P. The first-order chi connectivity index (χ1) is 16.7. The lowest BCUT2D eigenvalue weighted by molar-refractivity contribution is -0.144. The lowest BCUT2D eigenvalue weighted by atomic mass is 10.2. The number of nitriles is 1. The smallest absolute Gasteiger partial charge is 0.323 e. The highest BCUT2D eigenvalue weighted by Crippen LogP contribution is 2.44. The van der Waals surface area contributed by atoms with E-state index in [1.54, 1.807) is 35.8 Å². The Morgan fingerprint density at radius 3 is 2.80 bits per heavy atom. The summed E-state index contributed by atoms with van der Waals surface area (Å²) in [6.07, 6.45) is 1.09. The number of anilines is 1. The molecule has 3 rings (SSSR count). The summed E-state index contributed by atoms with van der Waals surface area (Å²) in [5.41, 5.74) is 6.76. The Bertz CT molecular complexity index is 1310. The molecule has 0 bridgehead atoms. The van der Waals surface area contributed by atoms with Gasteiger partial charge in [0.1, 0.15) is 12.4 Å². The highest BCUT2D eigenvalue weighted by atomic mass is 31.2. The third-order valence-corrected chi connectivity index (χ3v) is 6.63. The summed E-state index contributed by atoms with van der Waals surface area (Å²) >= 11 is 0. The first-order valence-corrected chi connectivity index (χ1v) is 12.5. The minimum Gasteiger partial charge on any atom is -0.465 e. The van der Waals surface area contributed by atoms with Crippen molar-refractivity contribution in [2.45, 2.75) is 33.0 Å². The Labute approximate surface area is 200 Å². The van der Waals surface area contributed by atoms with E-state index in [2.05, 4.69) is 20.0 Å². The molecule has 2 atom stereocenters. The van der Waals surface area contributed by atoms with E-state index >= 15 is 0 Å². The number of hydrogen-bond donors (Lipinski definition) is 3. The number of aromatic amines is 1. The number of fused-ring (bicyclic) bond motifs is 1. The molecule has 0 aliphatic carbocycles. The fourth-order valence-electron chi connectivity index (χ4n) is 3.06. The van der Waals surface area contributed by atoms with Crippen LogP contribution in [0.25, 0.3) is 11.2 Å². The van der Waals surface area contributed by atoms with Gasteiger partial charge in [-0.05, 0) is 31.5 Å². The largest absolute Gasteiger partial charge is 0.465 e. The first-order valence-electron chi connectivity index (χ1n) is 10.7. The van der Waals surface area contributed by atoms with Crippen molar-refractivity contribution < 1.29 is 23.4 Å². The zero-order valence-corrected chi connectivity index (χ0v) is 20.2. The van der Waals surface area contributed by atoms with Gasteiger partial charge in [0.15, 0.2) is 11.2 Å². The molecule has 3 aromatic rings. The van der Waals surface area contributed by atoms with E-state index in [4.69, 9.17) is 25.0 Å². The number of carbonyl (C=O) groups excluding carboxylic acids is 1. The van der Waals surface area contributed by atoms with Crippen molar-refractivity contribution in [3.63, 3.8) is 0 Å². The summed E-state index contributed by atoms with van der Waals surface area (Å²) in [6, 6.07) is 7.73. The van der Waals surface area contributed by atoms with Crippen LogP contribution in [-0.4, -0.2) is 51.1 Å². The van der Waals surface area contributed by atoms with Crippen molar-refractivity contribution in [2.75, 3.05) is 25.3 Å². The van der Waals surface area contributed by atoms with Gasteiger partial charge < -0.3 is 24.3 Å². The summed E-state index contributed by atoms with van der Waals surface area (Å²) in [4.78, 5) is 34.4. The second-order valence-corrected chi connectivity index (χ2v) is 9.58. The van der Waals surface area contributed by atoms with Crippen molar-refractivity contribution in [3.05, 3.63) is 52.1 Å². The Kier molecular flexibility index (Phi) is 8.73. The monoisotopic (exact) mass is 503 g/mol. The summed E-state index contributed by atoms with van der Waals surface area (Å²) in [5.74, 6) is -0.614. The number of benzene rings is 1. The number of nitrogens with zero attached hydrogens (tertiary/aromatic N) is 4. The number of nitrogens with two attached hydrogens (primary N) is 1. The van der Waals surface area contributed by atoms with Crippen LogP contribution in [0.15, 0.2) is 35.4 Å². The average molecular weight is 503 g/mol. The third kappa shape index (κ3) is 6.97. The second kappa shape index (κ2) is 11.7. The SMILES string of the molecule is CCOC(=O)[C@@H](C)NP(=O)(COCCn1cnc2c(=O)[nH]c(N)nc21)OCc1ccc(C#N)cc1. The highest BCUT2D eigenvalue weighted by Gasteiger charge is 2.29. The molecule has 1 unspecified atom stereocenters. The van der Waals surface area contributed by atoms with Crippen LogP contribution in [0.1, 0.15) is 25.0 Å². The quantitative estimate of drug-likeness (QED) is 0.185. The number of rotatable bonds is 12. The van der Waals surface area contributed by atoms with Crippen LogP contribution in [0.2, 0.25) is 0 Å². The molecule has 14 heteroatoms. The van der Waals surface area contributed by atoms with Gasteiger partial charge >= 0.3 is 5.97 Å². The standard InChI is InChI=1S/C21H26N7O6P/c1-3-33-20(30)14(2)27-35(31,34-11-16-6-4-15(10-22)5-7-16)13-32-9-8-28-12-24-17-18(28)25-21(23)26-19(17)29/h4-7,12,14H,3,8-9,11,13H2,1-2H3,(H,27,31)(H3,23,25,26,29)/t14-,35?/m1/s1. The molecule has 13 nitrogen and oxygen atoms in total. The van der Waals surface area contributed by atoms with Gasteiger partial charge in [0.25, 0.3) is 13.1 Å². The Morgan fingerprint density at radius 2 is 2.11 bits per heavy atom. The number of H-pyrrole nitrogens is 1. The second-order valence-electron chi connectivity index (χ2n) is 7.46. The van der Waals surface area contributed by atoms with E-state index in [-0.39, 0.29) is 44.2 Å². The molecule has 0 spiro atoms. The van der Waals surface area contributed by atoms with E-state index in [1.165, 1.54) is 13.3 Å². The summed E-state index contributed by atoms with van der Waals surface area (Å²) < 4.78 is 31.3. The maximum absolute atomic E-state index is 13.5. The minimum atomic E-state index is -3.66. The normalized spacial score (nSPS) is 13.7. The highest BCUT2D eigenvalue weighted by molar-refractivity contribution is 7.56. The zero-order chi connectivity index (χ0) is 25.4. The van der Waals surface area contributed by atoms with Crippen molar-refractivity contribution in [1.29, 1.82) is 5.26 Å². The molecule has 0 saturated heterocycles. The van der Waals surface area contributed by atoms with Crippen LogP contribution in [0, 0.1) is 11.3 Å². The van der Waals surface area contributed by atoms with Gasteiger partial charge in [0.05, 0.1) is 37.8 Å². The molecule has 0 aliphatic rings. The molecule has 1 aromatic carbocycles. The number of ether oxygens (including phenoxy) is 2. The molecule has 0 radical (unpaired) electrons. The first kappa shape index (κ1) is 26.1. The molecule has 0 saturated carbocycles. The number of aromatic nitrogens is 4. The van der Waals surface area contributed by atoms with Gasteiger partial charge in [0.2, 0.25) is 5.95 Å². The maximum atomic E-state index is 13.5. The number of imidazole rings is 1. The van der Waals surface area contributed by atoms with Crippen LogP contribution in [0.5, 0.6) is 0 Å². The topological polar surface area (TPSA) is 187 Å². The lowest BCUT2D eigenvalue weighted by Gasteiger charge is -2.23. The van der Waals surface area contributed by atoms with Crippen LogP contribution >= 0.6 is 7.52 Å². The molecule has 0 aliphatic heterocycles. The Hall–Kier alpha value is -3.56. The van der Waals surface area contributed by atoms with Gasteiger partial charge in [-0.3, -0.25) is 19.1 Å². The van der Waals surface area contributed by atoms with E-state index in [0.717, 1.165) is 0 Å². The van der Waals surface area contributed by atoms with Gasteiger partial charge in [-0.2, -0.15) is 10.2 Å². The predicted molar refractivity (Wildman–Crippen MR) is 126 cm³/mol. The molecular weight excluding hydrogens is 477 g/mol. The number of carbonyl (C=O) groups is 1. The minimum absolute atomic E-state index is 0.0347. The van der Waals surface area contributed by atoms with E-state index in [0.29, 0.717) is 16.8 Å². The van der Waals surface area contributed by atoms with Crippen LogP contribution in [0.4, 0.5) is 5.95 Å². The molecule has 0 fully saturated rings.